The lowest BCUT2D eigenvalue weighted by molar-refractivity contribution is -0.145. The van der Waals surface area contributed by atoms with Crippen LogP contribution in [0.25, 0.3) is 0 Å². The quantitative estimate of drug-likeness (QED) is 0.788. The highest BCUT2D eigenvalue weighted by Gasteiger charge is 2.29. The Kier molecular flexibility index (Phi) is 3.46. The molecule has 0 aromatic heterocycles. The van der Waals surface area contributed by atoms with Gasteiger partial charge in [0, 0.05) is 19.5 Å². The first kappa shape index (κ1) is 11.4. The van der Waals surface area contributed by atoms with Gasteiger partial charge in [0.25, 0.3) is 0 Å². The normalized spacial score (nSPS) is 25.5. The summed E-state index contributed by atoms with van der Waals surface area (Å²) in [6.45, 7) is 1.16. The average molecular weight is 225 g/mol. The molecule has 4 nitrogen and oxygen atoms in total. The van der Waals surface area contributed by atoms with E-state index in [4.69, 9.17) is 5.11 Å². The molecule has 1 aliphatic heterocycles. The standard InChI is InChI=1S/C12H19NO3/c14-11(6-5-9-3-4-9)13-7-1-2-10(8-13)12(15)16/h9-10H,1-8H2,(H,15,16)/t10-/m0/s1. The minimum Gasteiger partial charge on any atom is -0.481 e. The predicted octanol–water partition coefficient (Wildman–Crippen LogP) is 1.50. The van der Waals surface area contributed by atoms with Gasteiger partial charge < -0.3 is 10.0 Å². The number of hydrogen-bond acceptors (Lipinski definition) is 2. The number of carbonyl (C=O) groups excluding carboxylic acids is 1. The van der Waals surface area contributed by atoms with Gasteiger partial charge in [-0.3, -0.25) is 9.59 Å². The third kappa shape index (κ3) is 2.97. The van der Waals surface area contributed by atoms with Crippen molar-refractivity contribution in [2.24, 2.45) is 11.8 Å². The molecular weight excluding hydrogens is 206 g/mol. The van der Waals surface area contributed by atoms with Gasteiger partial charge in [0.05, 0.1) is 5.92 Å². The average Bonchev–Trinajstić information content (AvgIpc) is 3.10. The van der Waals surface area contributed by atoms with E-state index in [2.05, 4.69) is 0 Å². The zero-order chi connectivity index (χ0) is 11.5. The van der Waals surface area contributed by atoms with Gasteiger partial charge in [-0.25, -0.2) is 0 Å². The third-order valence-electron chi connectivity index (χ3n) is 3.59. The maximum absolute atomic E-state index is 11.8. The van der Waals surface area contributed by atoms with Crippen molar-refractivity contribution in [3.05, 3.63) is 0 Å². The molecule has 1 saturated carbocycles. The van der Waals surface area contributed by atoms with Gasteiger partial charge >= 0.3 is 5.97 Å². The molecule has 0 spiro atoms. The summed E-state index contributed by atoms with van der Waals surface area (Å²) in [5.74, 6) is -0.194. The molecule has 1 aliphatic carbocycles. The Bertz CT molecular complexity index is 286. The number of aliphatic carboxylic acids is 1. The second-order valence-corrected chi connectivity index (χ2v) is 5.00. The van der Waals surface area contributed by atoms with Crippen molar-refractivity contribution in [2.45, 2.75) is 38.5 Å². The predicted molar refractivity (Wildman–Crippen MR) is 58.9 cm³/mol. The van der Waals surface area contributed by atoms with E-state index in [1.165, 1.54) is 12.8 Å². The van der Waals surface area contributed by atoms with Gasteiger partial charge in [0.15, 0.2) is 0 Å². The molecule has 4 heteroatoms. The molecule has 1 atom stereocenters. The molecule has 0 aromatic carbocycles. The number of carboxylic acid groups (broad SMARTS) is 1. The van der Waals surface area contributed by atoms with Crippen LogP contribution in [0.2, 0.25) is 0 Å². The number of hydrogen-bond donors (Lipinski definition) is 1. The van der Waals surface area contributed by atoms with Crippen molar-refractivity contribution in [3.63, 3.8) is 0 Å². The van der Waals surface area contributed by atoms with Crippen molar-refractivity contribution in [1.29, 1.82) is 0 Å². The molecular formula is C12H19NO3. The Hall–Kier alpha value is -1.06. The molecule has 90 valence electrons. The van der Waals surface area contributed by atoms with Gasteiger partial charge in [-0.05, 0) is 25.2 Å². The molecule has 16 heavy (non-hydrogen) atoms. The van der Waals surface area contributed by atoms with Crippen molar-refractivity contribution in [1.82, 2.24) is 4.90 Å². The Morgan fingerprint density at radius 3 is 2.62 bits per heavy atom. The highest BCUT2D eigenvalue weighted by molar-refractivity contribution is 5.78. The summed E-state index contributed by atoms with van der Waals surface area (Å²) in [7, 11) is 0. The van der Waals surface area contributed by atoms with E-state index in [1.54, 1.807) is 4.90 Å². The van der Waals surface area contributed by atoms with Crippen LogP contribution in [-0.4, -0.2) is 35.0 Å². The summed E-state index contributed by atoms with van der Waals surface area (Å²) in [6, 6.07) is 0. The molecule has 1 saturated heterocycles. The van der Waals surface area contributed by atoms with Crippen LogP contribution in [0.15, 0.2) is 0 Å². The fourth-order valence-corrected chi connectivity index (χ4v) is 2.30. The van der Waals surface area contributed by atoms with E-state index in [0.29, 0.717) is 19.4 Å². The van der Waals surface area contributed by atoms with Crippen LogP contribution >= 0.6 is 0 Å². The number of carboxylic acids is 1. The lowest BCUT2D eigenvalue weighted by Crippen LogP contribution is -2.42. The Balaban J connectivity index is 1.78. The van der Waals surface area contributed by atoms with Gasteiger partial charge in [0.2, 0.25) is 5.91 Å². The van der Waals surface area contributed by atoms with Crippen LogP contribution in [0.1, 0.15) is 38.5 Å². The summed E-state index contributed by atoms with van der Waals surface area (Å²) in [5.41, 5.74) is 0. The van der Waals surface area contributed by atoms with Crippen LogP contribution in [0.5, 0.6) is 0 Å². The van der Waals surface area contributed by atoms with Crippen LogP contribution in [0.3, 0.4) is 0 Å². The van der Waals surface area contributed by atoms with Gasteiger partial charge in [-0.2, -0.15) is 0 Å². The molecule has 1 amide bonds. The first-order valence-corrected chi connectivity index (χ1v) is 6.17. The van der Waals surface area contributed by atoms with E-state index in [0.717, 1.165) is 25.3 Å². The van der Waals surface area contributed by atoms with Crippen molar-refractivity contribution in [2.75, 3.05) is 13.1 Å². The summed E-state index contributed by atoms with van der Waals surface area (Å²) < 4.78 is 0. The van der Waals surface area contributed by atoms with E-state index in [9.17, 15) is 9.59 Å². The number of carbonyl (C=O) groups is 2. The highest BCUT2D eigenvalue weighted by atomic mass is 16.4. The number of nitrogens with zero attached hydrogens (tertiary/aromatic N) is 1. The smallest absolute Gasteiger partial charge is 0.308 e. The molecule has 1 N–H and O–H groups in total. The van der Waals surface area contributed by atoms with Gasteiger partial charge in [-0.15, -0.1) is 0 Å². The molecule has 0 aromatic rings. The van der Waals surface area contributed by atoms with Gasteiger partial charge in [-0.1, -0.05) is 12.8 Å². The number of rotatable bonds is 4. The molecule has 0 bridgehead atoms. The molecule has 2 aliphatic rings. The second kappa shape index (κ2) is 4.85. The lowest BCUT2D eigenvalue weighted by Gasteiger charge is -2.30. The summed E-state index contributed by atoms with van der Waals surface area (Å²) >= 11 is 0. The Labute approximate surface area is 95.6 Å². The zero-order valence-electron chi connectivity index (χ0n) is 9.52. The minimum absolute atomic E-state index is 0.151. The van der Waals surface area contributed by atoms with Crippen LogP contribution < -0.4 is 0 Å². The largest absolute Gasteiger partial charge is 0.481 e. The molecule has 2 rings (SSSR count). The number of amides is 1. The summed E-state index contributed by atoms with van der Waals surface area (Å²) in [4.78, 5) is 24.4. The van der Waals surface area contributed by atoms with Crippen molar-refractivity contribution < 1.29 is 14.7 Å². The summed E-state index contributed by atoms with van der Waals surface area (Å²) in [6.07, 6.45) is 5.67. The lowest BCUT2D eigenvalue weighted by atomic mass is 9.98. The Morgan fingerprint density at radius 1 is 1.25 bits per heavy atom. The van der Waals surface area contributed by atoms with Crippen LogP contribution in [-0.2, 0) is 9.59 Å². The monoisotopic (exact) mass is 225 g/mol. The van der Waals surface area contributed by atoms with E-state index in [1.807, 2.05) is 0 Å². The molecule has 1 heterocycles. The Morgan fingerprint density at radius 2 is 2.00 bits per heavy atom. The number of likely N-dealkylation sites (tertiary alicyclic amines) is 1. The van der Waals surface area contributed by atoms with E-state index >= 15 is 0 Å². The molecule has 2 fully saturated rings. The van der Waals surface area contributed by atoms with E-state index < -0.39 is 5.97 Å². The zero-order valence-corrected chi connectivity index (χ0v) is 9.52. The first-order valence-electron chi connectivity index (χ1n) is 6.17. The highest BCUT2D eigenvalue weighted by Crippen LogP contribution is 2.33. The van der Waals surface area contributed by atoms with Crippen LogP contribution in [0, 0.1) is 11.8 Å². The topological polar surface area (TPSA) is 57.6 Å². The third-order valence-corrected chi connectivity index (χ3v) is 3.59. The molecule has 0 unspecified atom stereocenters. The van der Waals surface area contributed by atoms with Crippen molar-refractivity contribution >= 4 is 11.9 Å². The first-order chi connectivity index (χ1) is 7.66. The SMILES string of the molecule is O=C(O)[C@H]1CCCN(C(=O)CCC2CC2)C1. The van der Waals surface area contributed by atoms with Crippen molar-refractivity contribution in [3.8, 4) is 0 Å². The maximum atomic E-state index is 11.8. The maximum Gasteiger partial charge on any atom is 0.308 e. The van der Waals surface area contributed by atoms with Crippen LogP contribution in [0.4, 0.5) is 0 Å². The summed E-state index contributed by atoms with van der Waals surface area (Å²) in [5, 5.41) is 8.93. The number of piperidine rings is 1. The minimum atomic E-state index is -0.764. The van der Waals surface area contributed by atoms with E-state index in [-0.39, 0.29) is 11.8 Å². The van der Waals surface area contributed by atoms with Gasteiger partial charge in [0.1, 0.15) is 0 Å². The fourth-order valence-electron chi connectivity index (χ4n) is 2.30. The fraction of sp³-hybridized carbons (Fsp3) is 0.833. The molecule has 0 radical (unpaired) electrons. The second-order valence-electron chi connectivity index (χ2n) is 5.00.